The maximum absolute atomic E-state index is 14.1. The number of anilines is 2. The first-order valence-electron chi connectivity index (χ1n) is 6.27. The normalized spacial score (nSPS) is 12.0. The van der Waals surface area contributed by atoms with E-state index in [1.807, 2.05) is 0 Å². The lowest BCUT2D eigenvalue weighted by molar-refractivity contribution is 0.579. The molecule has 4 nitrogen and oxygen atoms in total. The van der Waals surface area contributed by atoms with E-state index in [1.54, 1.807) is 17.5 Å². The van der Waals surface area contributed by atoms with Gasteiger partial charge in [-0.2, -0.15) is 5.10 Å². The van der Waals surface area contributed by atoms with Gasteiger partial charge in [-0.25, -0.2) is 9.37 Å². The first-order chi connectivity index (χ1) is 9.77. The fraction of sp³-hybridized carbons (Fsp3) is 0.286. The zero-order valence-electron chi connectivity index (χ0n) is 11.9. The molecule has 0 spiro atoms. The largest absolute Gasteiger partial charge is 0.383 e. The molecule has 1 aromatic carbocycles. The molecule has 0 unspecified atom stereocenters. The van der Waals surface area contributed by atoms with Crippen molar-refractivity contribution in [2.24, 2.45) is 5.10 Å². The van der Waals surface area contributed by atoms with Crippen molar-refractivity contribution >= 4 is 44.4 Å². The van der Waals surface area contributed by atoms with Gasteiger partial charge in [-0.15, -0.1) is 11.3 Å². The second-order valence-corrected chi connectivity index (χ2v) is 7.27. The van der Waals surface area contributed by atoms with Crippen LogP contribution in [0.2, 0.25) is 0 Å². The summed E-state index contributed by atoms with van der Waals surface area (Å²) in [6.45, 7) is 6.22. The molecule has 0 saturated heterocycles. The lowest BCUT2D eigenvalue weighted by Crippen LogP contribution is -2.12. The van der Waals surface area contributed by atoms with E-state index in [4.69, 9.17) is 5.73 Å². The maximum Gasteiger partial charge on any atom is 0.205 e. The standard InChI is InChI=1S/C14H16BrFN4S/c1-14(2,3)9-4-8(12(16)10(15)5-9)6-18-20-13-19-11(17)7-21-13/h4-7H,17H2,1-3H3,(H,19,20). The third-order valence-corrected chi connectivity index (χ3v) is 4.15. The number of benzene rings is 1. The number of hydrogen-bond donors (Lipinski definition) is 2. The third-order valence-electron chi connectivity index (χ3n) is 2.81. The average Bonchev–Trinajstić information content (AvgIpc) is 2.79. The van der Waals surface area contributed by atoms with Gasteiger partial charge >= 0.3 is 0 Å². The number of rotatable bonds is 3. The Labute approximate surface area is 135 Å². The average molecular weight is 371 g/mol. The molecule has 3 N–H and O–H groups in total. The summed E-state index contributed by atoms with van der Waals surface area (Å²) in [6, 6.07) is 3.59. The topological polar surface area (TPSA) is 63.3 Å². The molecule has 0 amide bonds. The Hall–Kier alpha value is -1.47. The zero-order chi connectivity index (χ0) is 15.6. The summed E-state index contributed by atoms with van der Waals surface area (Å²) in [6.07, 6.45) is 1.44. The van der Waals surface area contributed by atoms with Gasteiger partial charge < -0.3 is 5.73 Å². The van der Waals surface area contributed by atoms with Gasteiger partial charge in [0.2, 0.25) is 5.13 Å². The van der Waals surface area contributed by atoms with E-state index in [0.29, 0.717) is 21.0 Å². The number of thiazole rings is 1. The molecule has 1 heterocycles. The van der Waals surface area contributed by atoms with Crippen LogP contribution >= 0.6 is 27.3 Å². The molecule has 0 saturated carbocycles. The molecule has 0 aliphatic heterocycles. The van der Waals surface area contributed by atoms with Crippen molar-refractivity contribution in [3.8, 4) is 0 Å². The van der Waals surface area contributed by atoms with Crippen molar-refractivity contribution in [3.05, 3.63) is 38.9 Å². The SMILES string of the molecule is CC(C)(C)c1cc(Br)c(F)c(C=NNc2nc(N)cs2)c1. The van der Waals surface area contributed by atoms with Crippen molar-refractivity contribution < 1.29 is 4.39 Å². The number of nitrogens with zero attached hydrogens (tertiary/aromatic N) is 2. The molecule has 2 aromatic rings. The minimum atomic E-state index is -0.341. The Morgan fingerprint density at radius 1 is 1.43 bits per heavy atom. The molecule has 0 aliphatic rings. The Morgan fingerprint density at radius 2 is 2.14 bits per heavy atom. The molecule has 21 heavy (non-hydrogen) atoms. The van der Waals surface area contributed by atoms with Gasteiger partial charge in [-0.1, -0.05) is 20.8 Å². The Kier molecular flexibility index (Phi) is 4.63. The predicted octanol–water partition coefficient (Wildman–Crippen LogP) is 4.37. The third kappa shape index (κ3) is 4.01. The van der Waals surface area contributed by atoms with Crippen LogP contribution in [0, 0.1) is 5.82 Å². The van der Waals surface area contributed by atoms with Crippen LogP contribution in [0.5, 0.6) is 0 Å². The zero-order valence-corrected chi connectivity index (χ0v) is 14.3. The highest BCUT2D eigenvalue weighted by atomic mass is 79.9. The number of aromatic nitrogens is 1. The number of nitrogen functional groups attached to an aromatic ring is 1. The van der Waals surface area contributed by atoms with E-state index in [2.05, 4.69) is 52.2 Å². The Balaban J connectivity index is 2.24. The molecule has 0 atom stereocenters. The van der Waals surface area contributed by atoms with Crippen LogP contribution in [0.1, 0.15) is 31.9 Å². The van der Waals surface area contributed by atoms with Gasteiger partial charge in [0.25, 0.3) is 0 Å². The van der Waals surface area contributed by atoms with Crippen LogP contribution in [0.3, 0.4) is 0 Å². The fourth-order valence-electron chi connectivity index (χ4n) is 1.63. The molecular weight excluding hydrogens is 355 g/mol. The van der Waals surface area contributed by atoms with E-state index in [9.17, 15) is 4.39 Å². The number of hydrazone groups is 1. The summed E-state index contributed by atoms with van der Waals surface area (Å²) in [4.78, 5) is 4.01. The quantitative estimate of drug-likeness (QED) is 0.622. The van der Waals surface area contributed by atoms with Crippen LogP contribution in [0.15, 0.2) is 27.1 Å². The Bertz CT molecular complexity index is 676. The fourth-order valence-corrected chi connectivity index (χ4v) is 2.66. The van der Waals surface area contributed by atoms with E-state index in [0.717, 1.165) is 5.56 Å². The van der Waals surface area contributed by atoms with Crippen LogP contribution in [0.4, 0.5) is 15.3 Å². The molecule has 0 aliphatic carbocycles. The molecule has 0 radical (unpaired) electrons. The first-order valence-corrected chi connectivity index (χ1v) is 7.94. The number of nitrogens with two attached hydrogens (primary N) is 1. The molecule has 2 rings (SSSR count). The van der Waals surface area contributed by atoms with Crippen LogP contribution in [0.25, 0.3) is 0 Å². The van der Waals surface area contributed by atoms with E-state index >= 15 is 0 Å². The number of nitrogens with one attached hydrogen (secondary N) is 1. The van der Waals surface area contributed by atoms with Crippen molar-refractivity contribution in [3.63, 3.8) is 0 Å². The van der Waals surface area contributed by atoms with Gasteiger partial charge in [-0.3, -0.25) is 5.43 Å². The summed E-state index contributed by atoms with van der Waals surface area (Å²) in [5.74, 6) is 0.0913. The molecule has 0 bridgehead atoms. The summed E-state index contributed by atoms with van der Waals surface area (Å²) < 4.78 is 14.5. The first kappa shape index (κ1) is 15.9. The van der Waals surface area contributed by atoms with E-state index < -0.39 is 0 Å². The van der Waals surface area contributed by atoms with E-state index in [1.165, 1.54) is 17.6 Å². The summed E-state index contributed by atoms with van der Waals surface area (Å²) in [7, 11) is 0. The molecular formula is C14H16BrFN4S. The molecule has 0 fully saturated rings. The van der Waals surface area contributed by atoms with Crippen LogP contribution in [-0.4, -0.2) is 11.2 Å². The number of hydrogen-bond acceptors (Lipinski definition) is 5. The second-order valence-electron chi connectivity index (χ2n) is 5.56. The lowest BCUT2D eigenvalue weighted by atomic mass is 9.86. The van der Waals surface area contributed by atoms with Gasteiger partial charge in [0.1, 0.15) is 11.6 Å². The highest BCUT2D eigenvalue weighted by Gasteiger charge is 2.17. The highest BCUT2D eigenvalue weighted by molar-refractivity contribution is 9.10. The summed E-state index contributed by atoms with van der Waals surface area (Å²) in [5.41, 5.74) is 9.61. The van der Waals surface area contributed by atoms with Crippen molar-refractivity contribution in [1.29, 1.82) is 0 Å². The molecule has 1 aromatic heterocycles. The second kappa shape index (κ2) is 6.11. The molecule has 7 heteroatoms. The minimum absolute atomic E-state index is 0.0734. The van der Waals surface area contributed by atoms with Crippen LogP contribution < -0.4 is 11.2 Å². The minimum Gasteiger partial charge on any atom is -0.383 e. The predicted molar refractivity (Wildman–Crippen MR) is 90.5 cm³/mol. The van der Waals surface area contributed by atoms with Gasteiger partial charge in [0.05, 0.1) is 10.7 Å². The highest BCUT2D eigenvalue weighted by Crippen LogP contribution is 2.28. The number of halogens is 2. The molecule has 112 valence electrons. The summed E-state index contributed by atoms with van der Waals surface area (Å²) >= 11 is 4.58. The van der Waals surface area contributed by atoms with Crippen molar-refractivity contribution in [1.82, 2.24) is 4.98 Å². The lowest BCUT2D eigenvalue weighted by Gasteiger charge is -2.20. The van der Waals surface area contributed by atoms with E-state index in [-0.39, 0.29) is 11.2 Å². The Morgan fingerprint density at radius 3 is 2.71 bits per heavy atom. The van der Waals surface area contributed by atoms with Gasteiger partial charge in [-0.05, 0) is 39.0 Å². The van der Waals surface area contributed by atoms with Gasteiger partial charge in [0.15, 0.2) is 0 Å². The van der Waals surface area contributed by atoms with Gasteiger partial charge in [0, 0.05) is 10.9 Å². The summed E-state index contributed by atoms with van der Waals surface area (Å²) in [5, 5.41) is 6.28. The van der Waals surface area contributed by atoms with Crippen molar-refractivity contribution in [2.75, 3.05) is 11.2 Å². The monoisotopic (exact) mass is 370 g/mol. The maximum atomic E-state index is 14.1. The van der Waals surface area contributed by atoms with Crippen LogP contribution in [-0.2, 0) is 5.41 Å². The van der Waals surface area contributed by atoms with Crippen molar-refractivity contribution in [2.45, 2.75) is 26.2 Å². The smallest absolute Gasteiger partial charge is 0.205 e.